The first-order valence-corrected chi connectivity index (χ1v) is 4.84. The standard InChI is InChI=1S/C10H14N4O/c1-3-15-7-8(2)13-10-9(6-11)4-5-12-14-10/h4-5,8H,3,7H2,1-2H3,(H,13,14). The van der Waals surface area contributed by atoms with Gasteiger partial charge >= 0.3 is 0 Å². The number of nitrogens with zero attached hydrogens (tertiary/aromatic N) is 3. The Morgan fingerprint density at radius 3 is 3.13 bits per heavy atom. The number of hydrogen-bond acceptors (Lipinski definition) is 5. The fourth-order valence-corrected chi connectivity index (χ4v) is 1.10. The third-order valence-corrected chi connectivity index (χ3v) is 1.80. The molecule has 80 valence electrons. The molecule has 5 heteroatoms. The molecule has 15 heavy (non-hydrogen) atoms. The van der Waals surface area contributed by atoms with Crippen molar-refractivity contribution in [3.8, 4) is 6.07 Å². The average Bonchev–Trinajstić information content (AvgIpc) is 2.27. The van der Waals surface area contributed by atoms with Crippen molar-refractivity contribution in [1.29, 1.82) is 5.26 Å². The maximum absolute atomic E-state index is 8.82. The molecule has 0 amide bonds. The van der Waals surface area contributed by atoms with Crippen molar-refractivity contribution in [3.05, 3.63) is 17.8 Å². The molecule has 0 saturated heterocycles. The summed E-state index contributed by atoms with van der Waals surface area (Å²) in [6, 6.07) is 3.78. The van der Waals surface area contributed by atoms with E-state index >= 15 is 0 Å². The molecule has 1 heterocycles. The van der Waals surface area contributed by atoms with E-state index in [1.54, 1.807) is 6.07 Å². The summed E-state index contributed by atoms with van der Waals surface area (Å²) >= 11 is 0. The Kier molecular flexibility index (Phi) is 4.51. The third kappa shape index (κ3) is 3.52. The highest BCUT2D eigenvalue weighted by atomic mass is 16.5. The van der Waals surface area contributed by atoms with E-state index < -0.39 is 0 Å². The quantitative estimate of drug-likeness (QED) is 0.783. The molecule has 0 aliphatic rings. The molecular formula is C10H14N4O. The monoisotopic (exact) mass is 206 g/mol. The lowest BCUT2D eigenvalue weighted by Gasteiger charge is -2.14. The highest BCUT2D eigenvalue weighted by Gasteiger charge is 2.07. The van der Waals surface area contributed by atoms with Gasteiger partial charge in [0, 0.05) is 12.6 Å². The van der Waals surface area contributed by atoms with Crippen LogP contribution < -0.4 is 5.32 Å². The van der Waals surface area contributed by atoms with Crippen LogP contribution in [0.25, 0.3) is 0 Å². The lowest BCUT2D eigenvalue weighted by atomic mass is 10.3. The molecule has 0 saturated carbocycles. The van der Waals surface area contributed by atoms with Crippen LogP contribution in [0.5, 0.6) is 0 Å². The van der Waals surface area contributed by atoms with Crippen LogP contribution in [0.2, 0.25) is 0 Å². The molecule has 0 fully saturated rings. The Morgan fingerprint density at radius 2 is 2.47 bits per heavy atom. The summed E-state index contributed by atoms with van der Waals surface area (Å²) in [5.41, 5.74) is 0.494. The Bertz CT molecular complexity index is 348. The van der Waals surface area contributed by atoms with Gasteiger partial charge in [-0.05, 0) is 19.9 Å². The molecule has 1 atom stereocenters. The highest BCUT2D eigenvalue weighted by molar-refractivity contribution is 5.50. The number of ether oxygens (including phenoxy) is 1. The molecule has 1 aromatic rings. The maximum atomic E-state index is 8.82. The van der Waals surface area contributed by atoms with E-state index in [9.17, 15) is 0 Å². The molecule has 5 nitrogen and oxygen atoms in total. The van der Waals surface area contributed by atoms with Gasteiger partial charge in [-0.3, -0.25) is 0 Å². The van der Waals surface area contributed by atoms with Gasteiger partial charge in [-0.25, -0.2) is 0 Å². The summed E-state index contributed by atoms with van der Waals surface area (Å²) in [4.78, 5) is 0. The SMILES string of the molecule is CCOCC(C)Nc1nnccc1C#N. The van der Waals surface area contributed by atoms with Crippen LogP contribution in [-0.2, 0) is 4.74 Å². The normalized spacial score (nSPS) is 11.8. The number of aromatic nitrogens is 2. The second-order valence-corrected chi connectivity index (χ2v) is 3.11. The van der Waals surface area contributed by atoms with E-state index in [1.807, 2.05) is 13.8 Å². The summed E-state index contributed by atoms with van der Waals surface area (Å²) in [7, 11) is 0. The minimum atomic E-state index is 0.105. The Labute approximate surface area is 89.1 Å². The van der Waals surface area contributed by atoms with Crippen LogP contribution in [0, 0.1) is 11.3 Å². The molecule has 0 aliphatic heterocycles. The van der Waals surface area contributed by atoms with Gasteiger partial charge in [-0.1, -0.05) is 0 Å². The summed E-state index contributed by atoms with van der Waals surface area (Å²) in [5, 5.41) is 19.5. The Balaban J connectivity index is 2.60. The molecule has 0 bridgehead atoms. The number of rotatable bonds is 5. The smallest absolute Gasteiger partial charge is 0.166 e. The maximum Gasteiger partial charge on any atom is 0.166 e. The highest BCUT2D eigenvalue weighted by Crippen LogP contribution is 2.09. The molecule has 1 aromatic heterocycles. The fourth-order valence-electron chi connectivity index (χ4n) is 1.10. The van der Waals surface area contributed by atoms with Crippen LogP contribution in [-0.4, -0.2) is 29.5 Å². The molecule has 1 unspecified atom stereocenters. The second-order valence-electron chi connectivity index (χ2n) is 3.11. The number of nitrogens with one attached hydrogen (secondary N) is 1. The van der Waals surface area contributed by atoms with E-state index in [0.717, 1.165) is 0 Å². The van der Waals surface area contributed by atoms with Crippen LogP contribution in [0.4, 0.5) is 5.82 Å². The average molecular weight is 206 g/mol. The van der Waals surface area contributed by atoms with Crippen molar-refractivity contribution in [2.75, 3.05) is 18.5 Å². The first-order valence-electron chi connectivity index (χ1n) is 4.84. The van der Waals surface area contributed by atoms with Crippen LogP contribution in [0.1, 0.15) is 19.4 Å². The molecule has 0 spiro atoms. The Morgan fingerprint density at radius 1 is 1.67 bits per heavy atom. The predicted molar refractivity (Wildman–Crippen MR) is 56.3 cm³/mol. The van der Waals surface area contributed by atoms with Gasteiger partial charge in [0.15, 0.2) is 5.82 Å². The first-order chi connectivity index (χ1) is 7.27. The van der Waals surface area contributed by atoms with E-state index in [2.05, 4.69) is 21.6 Å². The molecule has 0 aromatic carbocycles. The number of anilines is 1. The van der Waals surface area contributed by atoms with Crippen LogP contribution >= 0.6 is 0 Å². The summed E-state index contributed by atoms with van der Waals surface area (Å²) in [6.45, 7) is 5.16. The van der Waals surface area contributed by atoms with Gasteiger partial charge in [-0.15, -0.1) is 5.10 Å². The van der Waals surface area contributed by atoms with Gasteiger partial charge < -0.3 is 10.1 Å². The topological polar surface area (TPSA) is 70.8 Å². The van der Waals surface area contributed by atoms with E-state index in [1.165, 1.54) is 6.20 Å². The molecule has 0 aliphatic carbocycles. The van der Waals surface area contributed by atoms with Gasteiger partial charge in [0.05, 0.1) is 18.4 Å². The van der Waals surface area contributed by atoms with Crippen molar-refractivity contribution in [2.45, 2.75) is 19.9 Å². The minimum Gasteiger partial charge on any atom is -0.380 e. The van der Waals surface area contributed by atoms with Crippen molar-refractivity contribution < 1.29 is 4.74 Å². The van der Waals surface area contributed by atoms with Gasteiger partial charge in [0.25, 0.3) is 0 Å². The minimum absolute atomic E-state index is 0.105. The first kappa shape index (κ1) is 11.4. The van der Waals surface area contributed by atoms with E-state index in [4.69, 9.17) is 10.00 Å². The number of hydrogen-bond donors (Lipinski definition) is 1. The van der Waals surface area contributed by atoms with Crippen molar-refractivity contribution in [3.63, 3.8) is 0 Å². The van der Waals surface area contributed by atoms with Gasteiger partial charge in [0.1, 0.15) is 6.07 Å². The zero-order valence-corrected chi connectivity index (χ0v) is 8.90. The van der Waals surface area contributed by atoms with E-state index in [0.29, 0.717) is 24.6 Å². The number of nitriles is 1. The zero-order chi connectivity index (χ0) is 11.1. The van der Waals surface area contributed by atoms with Crippen molar-refractivity contribution >= 4 is 5.82 Å². The van der Waals surface area contributed by atoms with Crippen LogP contribution in [0.3, 0.4) is 0 Å². The van der Waals surface area contributed by atoms with Crippen LogP contribution in [0.15, 0.2) is 12.3 Å². The fraction of sp³-hybridized carbons (Fsp3) is 0.500. The van der Waals surface area contributed by atoms with E-state index in [-0.39, 0.29) is 6.04 Å². The van der Waals surface area contributed by atoms with Crippen molar-refractivity contribution in [1.82, 2.24) is 10.2 Å². The second kappa shape index (κ2) is 5.94. The van der Waals surface area contributed by atoms with Crippen molar-refractivity contribution in [2.24, 2.45) is 0 Å². The molecule has 1 N–H and O–H groups in total. The largest absolute Gasteiger partial charge is 0.380 e. The summed E-state index contributed by atoms with van der Waals surface area (Å²) in [5.74, 6) is 0.507. The predicted octanol–water partition coefficient (Wildman–Crippen LogP) is 1.19. The Hall–Kier alpha value is -1.67. The molecule has 0 radical (unpaired) electrons. The molecule has 1 rings (SSSR count). The summed E-state index contributed by atoms with van der Waals surface area (Å²) < 4.78 is 5.25. The lowest BCUT2D eigenvalue weighted by Crippen LogP contribution is -2.23. The lowest BCUT2D eigenvalue weighted by molar-refractivity contribution is 0.141. The van der Waals surface area contributed by atoms with Gasteiger partial charge in [0.2, 0.25) is 0 Å². The summed E-state index contributed by atoms with van der Waals surface area (Å²) in [6.07, 6.45) is 1.50. The zero-order valence-electron chi connectivity index (χ0n) is 8.90. The van der Waals surface area contributed by atoms with Gasteiger partial charge in [-0.2, -0.15) is 10.4 Å². The third-order valence-electron chi connectivity index (χ3n) is 1.80. The molecular weight excluding hydrogens is 192 g/mol.